The fraction of sp³-hybridized carbons (Fsp3) is 0.0625. The molecule has 0 saturated carbocycles. The van der Waals surface area contributed by atoms with Crippen LogP contribution in [0, 0.1) is 6.92 Å². The lowest BCUT2D eigenvalue weighted by Crippen LogP contribution is -1.87. The Morgan fingerprint density at radius 3 is 2.09 bits per heavy atom. The Morgan fingerprint density at radius 2 is 1.27 bits per heavy atom. The molecule has 0 spiro atoms. The summed E-state index contributed by atoms with van der Waals surface area (Å²) >= 11 is 0. The zero-order valence-electron chi connectivity index (χ0n) is 18.3. The molecule has 0 aliphatic heterocycles. The van der Waals surface area contributed by atoms with E-state index in [2.05, 4.69) is 97.9 Å². The van der Waals surface area contributed by atoms with E-state index in [1.807, 2.05) is 0 Å². The Balaban J connectivity index is 1.59. The van der Waals surface area contributed by atoms with Crippen LogP contribution in [0.2, 0.25) is 0 Å². The number of hydrogen-bond acceptors (Lipinski definition) is 1. The third-order valence-electron chi connectivity index (χ3n) is 7.58. The summed E-state index contributed by atoms with van der Waals surface area (Å²) in [7, 11) is 0. The van der Waals surface area contributed by atoms with E-state index in [4.69, 9.17) is 4.42 Å². The van der Waals surface area contributed by atoms with Gasteiger partial charge in [-0.1, -0.05) is 78.9 Å². The van der Waals surface area contributed by atoms with Crippen molar-refractivity contribution in [2.45, 2.75) is 13.3 Å². The SMILES string of the molecule is Cc1cc2c(c3ccccc13)Cc1c-2c2ccccc2c2c1oc1cc3ccccc3cc12. The molecule has 1 nitrogen and oxygen atoms in total. The topological polar surface area (TPSA) is 13.1 Å². The maximum absolute atomic E-state index is 6.69. The van der Waals surface area contributed by atoms with Crippen molar-refractivity contribution in [3.63, 3.8) is 0 Å². The Bertz CT molecular complexity index is 1950. The first-order chi connectivity index (χ1) is 16.3. The van der Waals surface area contributed by atoms with Crippen LogP contribution < -0.4 is 0 Å². The second-order valence-corrected chi connectivity index (χ2v) is 9.34. The third kappa shape index (κ3) is 2.17. The fourth-order valence-electron chi connectivity index (χ4n) is 6.14. The zero-order chi connectivity index (χ0) is 21.7. The number of hydrogen-bond donors (Lipinski definition) is 0. The first kappa shape index (κ1) is 17.5. The van der Waals surface area contributed by atoms with Crippen molar-refractivity contribution < 1.29 is 4.42 Å². The van der Waals surface area contributed by atoms with Crippen LogP contribution >= 0.6 is 0 Å². The highest BCUT2D eigenvalue weighted by Crippen LogP contribution is 2.50. The van der Waals surface area contributed by atoms with E-state index < -0.39 is 0 Å². The van der Waals surface area contributed by atoms with E-state index in [-0.39, 0.29) is 0 Å². The van der Waals surface area contributed by atoms with Gasteiger partial charge in [0.1, 0.15) is 11.2 Å². The highest BCUT2D eigenvalue weighted by atomic mass is 16.3. The van der Waals surface area contributed by atoms with E-state index in [1.54, 1.807) is 0 Å². The van der Waals surface area contributed by atoms with Crippen LogP contribution in [0.25, 0.3) is 65.4 Å². The van der Waals surface area contributed by atoms with E-state index in [0.717, 1.165) is 17.6 Å². The summed E-state index contributed by atoms with van der Waals surface area (Å²) in [4.78, 5) is 0. The predicted molar refractivity (Wildman–Crippen MR) is 139 cm³/mol. The lowest BCUT2D eigenvalue weighted by Gasteiger charge is -2.11. The van der Waals surface area contributed by atoms with Gasteiger partial charge >= 0.3 is 0 Å². The highest BCUT2D eigenvalue weighted by Gasteiger charge is 2.29. The Hall–Kier alpha value is -4.10. The minimum absolute atomic E-state index is 0.909. The van der Waals surface area contributed by atoms with E-state index in [1.165, 1.54) is 70.9 Å². The first-order valence-corrected chi connectivity index (χ1v) is 11.6. The van der Waals surface area contributed by atoms with Gasteiger partial charge in [0.25, 0.3) is 0 Å². The largest absolute Gasteiger partial charge is 0.456 e. The molecule has 0 atom stereocenters. The van der Waals surface area contributed by atoms with Crippen molar-refractivity contribution in [1.82, 2.24) is 0 Å². The Kier molecular flexibility index (Phi) is 3.19. The average Bonchev–Trinajstić information content (AvgIpc) is 3.42. The molecule has 8 rings (SSSR count). The maximum Gasteiger partial charge on any atom is 0.140 e. The van der Waals surface area contributed by atoms with Gasteiger partial charge in [-0.2, -0.15) is 0 Å². The second kappa shape index (κ2) is 6.02. The lowest BCUT2D eigenvalue weighted by atomic mass is 9.92. The molecule has 33 heavy (non-hydrogen) atoms. The Morgan fingerprint density at radius 1 is 0.606 bits per heavy atom. The van der Waals surface area contributed by atoms with E-state index in [9.17, 15) is 0 Å². The quantitative estimate of drug-likeness (QED) is 0.239. The molecule has 0 fully saturated rings. The van der Waals surface area contributed by atoms with Crippen LogP contribution in [0.15, 0.2) is 95.4 Å². The zero-order valence-corrected chi connectivity index (χ0v) is 18.3. The summed E-state index contributed by atoms with van der Waals surface area (Å²) in [6, 6.07) is 33.1. The molecule has 0 unspecified atom stereocenters. The van der Waals surface area contributed by atoms with Crippen LogP contribution in [0.5, 0.6) is 0 Å². The number of benzene rings is 6. The molecule has 7 aromatic rings. The van der Waals surface area contributed by atoms with E-state index in [0.29, 0.717) is 0 Å². The van der Waals surface area contributed by atoms with Crippen LogP contribution in [0.1, 0.15) is 16.7 Å². The van der Waals surface area contributed by atoms with Gasteiger partial charge in [0.15, 0.2) is 0 Å². The normalized spacial score (nSPS) is 12.9. The van der Waals surface area contributed by atoms with Gasteiger partial charge < -0.3 is 4.42 Å². The summed E-state index contributed by atoms with van der Waals surface area (Å²) in [5.74, 6) is 0. The van der Waals surface area contributed by atoms with Gasteiger partial charge in [-0.3, -0.25) is 0 Å². The summed E-state index contributed by atoms with van der Waals surface area (Å²) < 4.78 is 6.69. The molecule has 0 saturated heterocycles. The molecule has 1 heteroatoms. The standard InChI is InChI=1S/C32H20O/c1-18-14-26-25(22-11-5-4-10-21(18)22)17-28-30(26)23-12-6-7-13-24(23)31-27-15-19-8-2-3-9-20(19)16-29(27)33-32(28)31/h2-16H,17H2,1H3. The van der Waals surface area contributed by atoms with Gasteiger partial charge in [0.2, 0.25) is 0 Å². The lowest BCUT2D eigenvalue weighted by molar-refractivity contribution is 0.666. The number of fused-ring (bicyclic) bond motifs is 13. The first-order valence-electron chi connectivity index (χ1n) is 11.6. The number of furan rings is 1. The molecule has 1 aliphatic carbocycles. The predicted octanol–water partition coefficient (Wildman–Crippen LogP) is 8.93. The minimum Gasteiger partial charge on any atom is -0.456 e. The maximum atomic E-state index is 6.69. The van der Waals surface area contributed by atoms with Crippen molar-refractivity contribution in [3.05, 3.63) is 108 Å². The van der Waals surface area contributed by atoms with Crippen molar-refractivity contribution in [2.75, 3.05) is 0 Å². The van der Waals surface area contributed by atoms with Crippen molar-refractivity contribution >= 4 is 54.3 Å². The molecule has 1 aromatic heterocycles. The van der Waals surface area contributed by atoms with Gasteiger partial charge in [0.05, 0.1) is 0 Å². The van der Waals surface area contributed by atoms with Gasteiger partial charge in [-0.05, 0) is 73.6 Å². The summed E-state index contributed by atoms with van der Waals surface area (Å²) in [6.45, 7) is 2.23. The van der Waals surface area contributed by atoms with Gasteiger partial charge in [-0.15, -0.1) is 0 Å². The summed E-state index contributed by atoms with van der Waals surface area (Å²) in [5.41, 5.74) is 8.82. The van der Waals surface area contributed by atoms with Crippen LogP contribution in [0.3, 0.4) is 0 Å². The van der Waals surface area contributed by atoms with Crippen LogP contribution in [0.4, 0.5) is 0 Å². The molecule has 0 bridgehead atoms. The average molecular weight is 421 g/mol. The van der Waals surface area contributed by atoms with Crippen LogP contribution in [-0.4, -0.2) is 0 Å². The Labute approximate surface area is 190 Å². The minimum atomic E-state index is 0.909. The molecule has 154 valence electrons. The van der Waals surface area contributed by atoms with Crippen molar-refractivity contribution in [2.24, 2.45) is 0 Å². The second-order valence-electron chi connectivity index (χ2n) is 9.34. The molecule has 0 N–H and O–H groups in total. The molecule has 1 heterocycles. The monoisotopic (exact) mass is 420 g/mol. The molecule has 0 amide bonds. The van der Waals surface area contributed by atoms with E-state index >= 15 is 0 Å². The highest BCUT2D eigenvalue weighted by molar-refractivity contribution is 6.26. The van der Waals surface area contributed by atoms with Crippen LogP contribution in [-0.2, 0) is 6.42 Å². The molecular weight excluding hydrogens is 400 g/mol. The third-order valence-corrected chi connectivity index (χ3v) is 7.58. The summed E-state index contributed by atoms with van der Waals surface area (Å²) in [6.07, 6.45) is 0.909. The summed E-state index contributed by atoms with van der Waals surface area (Å²) in [5, 5.41) is 10.2. The van der Waals surface area contributed by atoms with Gasteiger partial charge in [-0.25, -0.2) is 0 Å². The number of rotatable bonds is 0. The molecule has 0 radical (unpaired) electrons. The van der Waals surface area contributed by atoms with Crippen molar-refractivity contribution in [1.29, 1.82) is 0 Å². The molecule has 6 aromatic carbocycles. The van der Waals surface area contributed by atoms with Gasteiger partial charge in [0, 0.05) is 22.8 Å². The van der Waals surface area contributed by atoms with Crippen molar-refractivity contribution in [3.8, 4) is 11.1 Å². The fourth-order valence-corrected chi connectivity index (χ4v) is 6.14. The number of aryl methyl sites for hydroxylation is 1. The molecular formula is C32H20O. The smallest absolute Gasteiger partial charge is 0.140 e. The molecule has 1 aliphatic rings.